The number of anilines is 1. The van der Waals surface area contributed by atoms with Gasteiger partial charge in [-0.05, 0) is 75.6 Å². The Hall–Kier alpha value is -1.22. The lowest BCUT2D eigenvalue weighted by Gasteiger charge is -2.35. The number of hydrogen-bond donors (Lipinski definition) is 1. The minimum absolute atomic E-state index is 0.209. The van der Waals surface area contributed by atoms with E-state index < -0.39 is 10.0 Å². The molecule has 1 aromatic rings. The molecule has 2 heterocycles. The van der Waals surface area contributed by atoms with E-state index in [-0.39, 0.29) is 11.6 Å². The molecular formula is C19H31FN4O2S. The highest BCUT2D eigenvalue weighted by molar-refractivity contribution is 7.89. The van der Waals surface area contributed by atoms with Gasteiger partial charge in [0.1, 0.15) is 5.82 Å². The molecule has 2 N–H and O–H groups in total. The molecule has 2 saturated heterocycles. The molecule has 0 radical (unpaired) electrons. The number of nitrogens with zero attached hydrogens (tertiary/aromatic N) is 3. The number of likely N-dealkylation sites (tertiary alicyclic amines) is 1. The lowest BCUT2D eigenvalue weighted by molar-refractivity contribution is 0.188. The van der Waals surface area contributed by atoms with Crippen molar-refractivity contribution in [3.63, 3.8) is 0 Å². The molecule has 0 aromatic heterocycles. The van der Waals surface area contributed by atoms with E-state index in [0.29, 0.717) is 38.5 Å². The summed E-state index contributed by atoms with van der Waals surface area (Å²) in [5, 5.41) is 0. The van der Waals surface area contributed by atoms with Gasteiger partial charge in [0.05, 0.1) is 5.75 Å². The van der Waals surface area contributed by atoms with Crippen molar-refractivity contribution in [3.8, 4) is 0 Å². The number of nitrogens with two attached hydrogens (primary N) is 1. The second kappa shape index (κ2) is 9.32. The molecule has 2 fully saturated rings. The Labute approximate surface area is 162 Å². The van der Waals surface area contributed by atoms with Gasteiger partial charge in [0.25, 0.3) is 0 Å². The quantitative estimate of drug-likeness (QED) is 0.751. The molecule has 27 heavy (non-hydrogen) atoms. The zero-order valence-electron chi connectivity index (χ0n) is 15.9. The minimum atomic E-state index is -3.21. The van der Waals surface area contributed by atoms with Gasteiger partial charge in [-0.2, -0.15) is 4.31 Å². The molecule has 1 aromatic carbocycles. The fourth-order valence-corrected chi connectivity index (χ4v) is 5.39. The smallest absolute Gasteiger partial charge is 0.214 e. The van der Waals surface area contributed by atoms with Gasteiger partial charge in [0, 0.05) is 31.9 Å². The summed E-state index contributed by atoms with van der Waals surface area (Å²) in [7, 11) is -3.21. The van der Waals surface area contributed by atoms with Crippen LogP contribution in [0.1, 0.15) is 19.3 Å². The molecule has 0 spiro atoms. The highest BCUT2D eigenvalue weighted by Gasteiger charge is 2.27. The number of piperazine rings is 1. The maximum Gasteiger partial charge on any atom is 0.214 e. The first kappa shape index (κ1) is 20.5. The molecule has 0 bridgehead atoms. The van der Waals surface area contributed by atoms with Crippen LogP contribution in [0.5, 0.6) is 0 Å². The van der Waals surface area contributed by atoms with E-state index >= 15 is 0 Å². The number of hydrogen-bond acceptors (Lipinski definition) is 5. The molecule has 0 amide bonds. The van der Waals surface area contributed by atoms with Crippen LogP contribution in [0.15, 0.2) is 24.3 Å². The van der Waals surface area contributed by atoms with Crippen molar-refractivity contribution < 1.29 is 12.8 Å². The Morgan fingerprint density at radius 3 is 2.22 bits per heavy atom. The lowest BCUT2D eigenvalue weighted by Crippen LogP contribution is -2.49. The maximum absolute atomic E-state index is 13.0. The Morgan fingerprint density at radius 2 is 1.63 bits per heavy atom. The van der Waals surface area contributed by atoms with Gasteiger partial charge in [-0.1, -0.05) is 0 Å². The predicted octanol–water partition coefficient (Wildman–Crippen LogP) is 1.34. The second-order valence-corrected chi connectivity index (χ2v) is 9.64. The van der Waals surface area contributed by atoms with Gasteiger partial charge < -0.3 is 15.5 Å². The van der Waals surface area contributed by atoms with E-state index in [1.807, 2.05) is 0 Å². The molecule has 0 atom stereocenters. The van der Waals surface area contributed by atoms with Crippen LogP contribution in [0.4, 0.5) is 10.1 Å². The summed E-state index contributed by atoms with van der Waals surface area (Å²) in [6, 6.07) is 6.37. The molecule has 0 unspecified atom stereocenters. The van der Waals surface area contributed by atoms with Crippen LogP contribution in [0.3, 0.4) is 0 Å². The minimum Gasteiger partial charge on any atom is -0.369 e. The normalized spacial score (nSPS) is 20.9. The Kier molecular flexibility index (Phi) is 7.08. The van der Waals surface area contributed by atoms with E-state index in [2.05, 4.69) is 9.80 Å². The van der Waals surface area contributed by atoms with E-state index in [0.717, 1.165) is 44.7 Å². The van der Waals surface area contributed by atoms with Gasteiger partial charge in [-0.3, -0.25) is 0 Å². The van der Waals surface area contributed by atoms with Crippen molar-refractivity contribution in [3.05, 3.63) is 30.1 Å². The fourth-order valence-electron chi connectivity index (χ4n) is 3.92. The average molecular weight is 399 g/mol. The summed E-state index contributed by atoms with van der Waals surface area (Å²) in [6.07, 6.45) is 2.91. The first-order valence-corrected chi connectivity index (χ1v) is 11.5. The molecule has 8 heteroatoms. The number of benzene rings is 1. The third-order valence-corrected chi connectivity index (χ3v) is 7.70. The monoisotopic (exact) mass is 398 g/mol. The van der Waals surface area contributed by atoms with Crippen LogP contribution in [-0.4, -0.2) is 75.7 Å². The summed E-state index contributed by atoms with van der Waals surface area (Å²) in [5.74, 6) is 0.579. The van der Waals surface area contributed by atoms with Crippen LogP contribution in [0.25, 0.3) is 0 Å². The van der Waals surface area contributed by atoms with Crippen LogP contribution < -0.4 is 10.6 Å². The van der Waals surface area contributed by atoms with Crippen molar-refractivity contribution in [1.82, 2.24) is 9.21 Å². The third-order valence-electron chi connectivity index (χ3n) is 5.74. The Bertz CT molecular complexity index is 682. The number of halogens is 1. The van der Waals surface area contributed by atoms with Crippen molar-refractivity contribution in [2.24, 2.45) is 11.7 Å². The largest absolute Gasteiger partial charge is 0.369 e. The molecule has 0 saturated carbocycles. The first-order valence-electron chi connectivity index (χ1n) is 9.89. The van der Waals surface area contributed by atoms with E-state index in [4.69, 9.17) is 5.73 Å². The van der Waals surface area contributed by atoms with Gasteiger partial charge in [-0.25, -0.2) is 12.8 Å². The maximum atomic E-state index is 13.0. The number of sulfonamides is 1. The van der Waals surface area contributed by atoms with Crippen LogP contribution in [0.2, 0.25) is 0 Å². The molecule has 6 nitrogen and oxygen atoms in total. The highest BCUT2D eigenvalue weighted by atomic mass is 32.2. The fraction of sp³-hybridized carbons (Fsp3) is 0.684. The first-order chi connectivity index (χ1) is 13.0. The standard InChI is InChI=1S/C19H31FN4O2S/c20-18-2-4-19(5-3-18)23-11-13-24(14-12-23)27(25,26)15-1-8-22-9-6-17(16-21)7-10-22/h2-5,17H,1,6-16,21H2. The summed E-state index contributed by atoms with van der Waals surface area (Å²) in [4.78, 5) is 4.46. The van der Waals surface area contributed by atoms with Gasteiger partial charge >= 0.3 is 0 Å². The summed E-state index contributed by atoms with van der Waals surface area (Å²) in [5.41, 5.74) is 6.66. The highest BCUT2D eigenvalue weighted by Crippen LogP contribution is 2.19. The van der Waals surface area contributed by atoms with Crippen LogP contribution in [-0.2, 0) is 10.0 Å². The SMILES string of the molecule is NCC1CCN(CCCS(=O)(=O)N2CCN(c3ccc(F)cc3)CC2)CC1. The zero-order chi connectivity index (χ0) is 19.3. The van der Waals surface area contributed by atoms with Crippen molar-refractivity contribution in [1.29, 1.82) is 0 Å². The molecular weight excluding hydrogens is 367 g/mol. The third kappa shape index (κ3) is 5.63. The molecule has 3 rings (SSSR count). The summed E-state index contributed by atoms with van der Waals surface area (Å²) < 4.78 is 39.9. The molecule has 2 aliphatic rings. The Morgan fingerprint density at radius 1 is 1.00 bits per heavy atom. The summed E-state index contributed by atoms with van der Waals surface area (Å²) in [6.45, 7) is 5.90. The van der Waals surface area contributed by atoms with Gasteiger partial charge in [0.2, 0.25) is 10.0 Å². The number of piperidine rings is 1. The van der Waals surface area contributed by atoms with Gasteiger partial charge in [-0.15, -0.1) is 0 Å². The predicted molar refractivity (Wildman–Crippen MR) is 107 cm³/mol. The van der Waals surface area contributed by atoms with E-state index in [1.165, 1.54) is 12.1 Å². The van der Waals surface area contributed by atoms with Crippen LogP contribution in [0, 0.1) is 11.7 Å². The molecule has 2 aliphatic heterocycles. The Balaban J connectivity index is 1.41. The molecule has 152 valence electrons. The topological polar surface area (TPSA) is 69.9 Å². The molecule has 0 aliphatic carbocycles. The number of rotatable bonds is 7. The van der Waals surface area contributed by atoms with Crippen molar-refractivity contribution in [2.45, 2.75) is 19.3 Å². The van der Waals surface area contributed by atoms with Gasteiger partial charge in [0.15, 0.2) is 0 Å². The van der Waals surface area contributed by atoms with E-state index in [1.54, 1.807) is 16.4 Å². The second-order valence-electron chi connectivity index (χ2n) is 7.55. The van der Waals surface area contributed by atoms with Crippen molar-refractivity contribution in [2.75, 3.05) is 63.0 Å². The van der Waals surface area contributed by atoms with Crippen LogP contribution >= 0.6 is 0 Å². The average Bonchev–Trinajstić information content (AvgIpc) is 2.69. The summed E-state index contributed by atoms with van der Waals surface area (Å²) >= 11 is 0. The lowest BCUT2D eigenvalue weighted by atomic mass is 9.97. The zero-order valence-corrected chi connectivity index (χ0v) is 16.7. The van der Waals surface area contributed by atoms with E-state index in [9.17, 15) is 12.8 Å². The van der Waals surface area contributed by atoms with Crippen molar-refractivity contribution >= 4 is 15.7 Å².